The Bertz CT molecular complexity index is 460. The van der Waals surface area contributed by atoms with Crippen molar-refractivity contribution >= 4 is 0 Å². The van der Waals surface area contributed by atoms with Gasteiger partial charge in [0.25, 0.3) is 0 Å². The van der Waals surface area contributed by atoms with Gasteiger partial charge >= 0.3 is 0 Å². The molecule has 1 aliphatic heterocycles. The molecule has 1 heterocycles. The standard InChI is InChI=1S/C17H25NO2/c1-12(2)11-20-15-5-3-4-13(6-15)8-18-9-14-7-17(19)16(14)10-18/h3-6,12,14,16-17,19H,7-11H2,1-2H3/t14-,16+,17-/m1/s1. The molecule has 1 saturated carbocycles. The second-order valence-electron chi connectivity index (χ2n) is 6.77. The first-order valence-corrected chi connectivity index (χ1v) is 7.74. The summed E-state index contributed by atoms with van der Waals surface area (Å²) in [6.45, 7) is 8.24. The number of aliphatic hydroxyl groups is 1. The fourth-order valence-electron chi connectivity index (χ4n) is 3.35. The molecule has 0 unspecified atom stereocenters. The molecule has 20 heavy (non-hydrogen) atoms. The molecular weight excluding hydrogens is 250 g/mol. The van der Waals surface area contributed by atoms with Gasteiger partial charge in [0.1, 0.15) is 5.75 Å². The highest BCUT2D eigenvalue weighted by molar-refractivity contribution is 5.28. The highest BCUT2D eigenvalue weighted by atomic mass is 16.5. The van der Waals surface area contributed by atoms with E-state index in [1.54, 1.807) is 0 Å². The second kappa shape index (κ2) is 5.74. The lowest BCUT2D eigenvalue weighted by Gasteiger charge is -2.35. The van der Waals surface area contributed by atoms with Gasteiger partial charge in [-0.25, -0.2) is 0 Å². The van der Waals surface area contributed by atoms with Gasteiger partial charge in [0.05, 0.1) is 12.7 Å². The first kappa shape index (κ1) is 13.9. The van der Waals surface area contributed by atoms with Crippen molar-refractivity contribution in [2.75, 3.05) is 19.7 Å². The zero-order valence-corrected chi connectivity index (χ0v) is 12.5. The van der Waals surface area contributed by atoms with Crippen LogP contribution in [0.25, 0.3) is 0 Å². The van der Waals surface area contributed by atoms with Crippen LogP contribution in [0.15, 0.2) is 24.3 Å². The third kappa shape index (κ3) is 2.99. The van der Waals surface area contributed by atoms with Gasteiger partial charge in [-0.3, -0.25) is 4.90 Å². The van der Waals surface area contributed by atoms with E-state index < -0.39 is 0 Å². The van der Waals surface area contributed by atoms with E-state index in [4.69, 9.17) is 4.74 Å². The van der Waals surface area contributed by atoms with Gasteiger partial charge in [-0.2, -0.15) is 0 Å². The second-order valence-corrected chi connectivity index (χ2v) is 6.77. The molecule has 2 aliphatic rings. The van der Waals surface area contributed by atoms with Crippen LogP contribution in [0.5, 0.6) is 5.75 Å². The third-order valence-corrected chi connectivity index (χ3v) is 4.49. The van der Waals surface area contributed by atoms with Crippen LogP contribution in [0, 0.1) is 17.8 Å². The molecule has 1 N–H and O–H groups in total. The zero-order chi connectivity index (χ0) is 14.1. The summed E-state index contributed by atoms with van der Waals surface area (Å²) in [5.41, 5.74) is 1.31. The Labute approximate surface area is 121 Å². The molecule has 0 amide bonds. The topological polar surface area (TPSA) is 32.7 Å². The van der Waals surface area contributed by atoms with E-state index in [1.807, 2.05) is 6.07 Å². The normalized spacial score (nSPS) is 29.3. The first-order valence-electron chi connectivity index (χ1n) is 7.74. The summed E-state index contributed by atoms with van der Waals surface area (Å²) in [7, 11) is 0. The number of aliphatic hydroxyl groups excluding tert-OH is 1. The Balaban J connectivity index is 1.56. The monoisotopic (exact) mass is 275 g/mol. The lowest BCUT2D eigenvalue weighted by Crippen LogP contribution is -2.39. The zero-order valence-electron chi connectivity index (χ0n) is 12.5. The molecule has 1 aromatic carbocycles. The van der Waals surface area contributed by atoms with Gasteiger partial charge in [0, 0.05) is 25.6 Å². The van der Waals surface area contributed by atoms with Crippen LogP contribution >= 0.6 is 0 Å². The highest BCUT2D eigenvalue weighted by Gasteiger charge is 2.45. The van der Waals surface area contributed by atoms with Gasteiger partial charge < -0.3 is 9.84 Å². The Morgan fingerprint density at radius 2 is 2.20 bits per heavy atom. The number of benzene rings is 1. The molecule has 3 nitrogen and oxygen atoms in total. The van der Waals surface area contributed by atoms with Crippen molar-refractivity contribution in [3.8, 4) is 5.75 Å². The number of fused-ring (bicyclic) bond motifs is 1. The molecule has 0 radical (unpaired) electrons. The highest BCUT2D eigenvalue weighted by Crippen LogP contribution is 2.41. The molecule has 3 heteroatoms. The van der Waals surface area contributed by atoms with Crippen LogP contribution in [0.3, 0.4) is 0 Å². The molecule has 0 aromatic heterocycles. The van der Waals surface area contributed by atoms with E-state index in [9.17, 15) is 5.11 Å². The minimum atomic E-state index is -0.0503. The summed E-state index contributed by atoms with van der Waals surface area (Å²) in [5.74, 6) is 2.77. The van der Waals surface area contributed by atoms with E-state index in [-0.39, 0.29) is 6.10 Å². The number of hydrogen-bond donors (Lipinski definition) is 1. The molecule has 1 aromatic rings. The summed E-state index contributed by atoms with van der Waals surface area (Å²) in [5, 5.41) is 9.72. The number of hydrogen-bond acceptors (Lipinski definition) is 3. The third-order valence-electron chi connectivity index (χ3n) is 4.49. The van der Waals surface area contributed by atoms with Gasteiger partial charge in [-0.1, -0.05) is 26.0 Å². The fourth-order valence-corrected chi connectivity index (χ4v) is 3.35. The molecular formula is C17H25NO2. The molecule has 110 valence electrons. The SMILES string of the molecule is CC(C)COc1cccc(CN2C[C@H]3C[C@@H](O)[C@H]3C2)c1. The Morgan fingerprint density at radius 1 is 1.35 bits per heavy atom. The van der Waals surface area contributed by atoms with E-state index in [0.717, 1.165) is 44.3 Å². The Morgan fingerprint density at radius 3 is 2.90 bits per heavy atom. The lowest BCUT2D eigenvalue weighted by molar-refractivity contribution is -0.00435. The van der Waals surface area contributed by atoms with Crippen molar-refractivity contribution in [3.63, 3.8) is 0 Å². The van der Waals surface area contributed by atoms with Crippen LogP contribution in [-0.4, -0.2) is 35.8 Å². The Kier molecular flexibility index (Phi) is 3.99. The van der Waals surface area contributed by atoms with Gasteiger partial charge in [0.15, 0.2) is 0 Å². The average molecular weight is 275 g/mol. The molecule has 1 saturated heterocycles. The number of rotatable bonds is 5. The molecule has 3 rings (SSSR count). The summed E-state index contributed by atoms with van der Waals surface area (Å²) in [4.78, 5) is 2.47. The maximum Gasteiger partial charge on any atom is 0.119 e. The Hall–Kier alpha value is -1.06. The van der Waals surface area contributed by atoms with Gasteiger partial charge in [-0.05, 0) is 36.0 Å². The number of nitrogens with zero attached hydrogens (tertiary/aromatic N) is 1. The van der Waals surface area contributed by atoms with Crippen LogP contribution in [0.4, 0.5) is 0 Å². The van der Waals surface area contributed by atoms with E-state index >= 15 is 0 Å². The van der Waals surface area contributed by atoms with Crippen molar-refractivity contribution in [2.24, 2.45) is 17.8 Å². The summed E-state index contributed by atoms with van der Waals surface area (Å²) < 4.78 is 5.79. The van der Waals surface area contributed by atoms with Crippen molar-refractivity contribution in [3.05, 3.63) is 29.8 Å². The molecule has 3 atom stereocenters. The van der Waals surface area contributed by atoms with Crippen LogP contribution in [0.1, 0.15) is 25.8 Å². The maximum atomic E-state index is 9.72. The van der Waals surface area contributed by atoms with Gasteiger partial charge in [0.2, 0.25) is 0 Å². The summed E-state index contributed by atoms with van der Waals surface area (Å²) in [6.07, 6.45) is 0.948. The smallest absolute Gasteiger partial charge is 0.119 e. The first-order chi connectivity index (χ1) is 9.61. The van der Waals surface area contributed by atoms with Crippen LogP contribution in [-0.2, 0) is 6.54 Å². The number of likely N-dealkylation sites (tertiary alicyclic amines) is 1. The van der Waals surface area contributed by atoms with Crippen LogP contribution < -0.4 is 4.74 Å². The largest absolute Gasteiger partial charge is 0.493 e. The van der Waals surface area contributed by atoms with Crippen molar-refractivity contribution in [1.82, 2.24) is 4.90 Å². The lowest BCUT2D eigenvalue weighted by atomic mass is 9.74. The fraction of sp³-hybridized carbons (Fsp3) is 0.647. The quantitative estimate of drug-likeness (QED) is 0.896. The predicted molar refractivity (Wildman–Crippen MR) is 79.7 cm³/mol. The average Bonchev–Trinajstić information content (AvgIpc) is 2.74. The maximum absolute atomic E-state index is 9.72. The van der Waals surface area contributed by atoms with Crippen molar-refractivity contribution in [1.29, 1.82) is 0 Å². The predicted octanol–water partition coefficient (Wildman–Crippen LogP) is 2.53. The summed E-state index contributed by atoms with van der Waals surface area (Å²) >= 11 is 0. The summed E-state index contributed by atoms with van der Waals surface area (Å²) in [6, 6.07) is 8.42. The van der Waals surface area contributed by atoms with E-state index in [2.05, 4.69) is 36.9 Å². The molecule has 2 fully saturated rings. The number of ether oxygens (including phenoxy) is 1. The van der Waals surface area contributed by atoms with Crippen molar-refractivity contribution < 1.29 is 9.84 Å². The molecule has 0 bridgehead atoms. The van der Waals surface area contributed by atoms with Crippen molar-refractivity contribution in [2.45, 2.75) is 32.9 Å². The van der Waals surface area contributed by atoms with E-state index in [0.29, 0.717) is 11.8 Å². The van der Waals surface area contributed by atoms with Crippen LogP contribution in [0.2, 0.25) is 0 Å². The van der Waals surface area contributed by atoms with Gasteiger partial charge in [-0.15, -0.1) is 0 Å². The molecule has 0 spiro atoms. The molecule has 1 aliphatic carbocycles. The minimum absolute atomic E-state index is 0.0503. The minimum Gasteiger partial charge on any atom is -0.493 e. The van der Waals surface area contributed by atoms with E-state index in [1.165, 1.54) is 5.56 Å².